The van der Waals surface area contributed by atoms with Gasteiger partial charge in [-0.3, -0.25) is 19.9 Å². The summed E-state index contributed by atoms with van der Waals surface area (Å²) >= 11 is 1.36. The Morgan fingerprint density at radius 2 is 2.10 bits per heavy atom. The number of hydrogen-bond acceptors (Lipinski definition) is 7. The van der Waals surface area contributed by atoms with E-state index in [2.05, 4.69) is 20.3 Å². The molecule has 0 radical (unpaired) electrons. The molecule has 9 heteroatoms. The number of nitrogens with one attached hydrogen (secondary N) is 1. The fourth-order valence-corrected chi connectivity index (χ4v) is 4.26. The Bertz CT molecular complexity index is 1180. The van der Waals surface area contributed by atoms with Crippen molar-refractivity contribution >= 4 is 39.3 Å². The first-order chi connectivity index (χ1) is 14.2. The predicted octanol–water partition coefficient (Wildman–Crippen LogP) is 3.13. The number of furan rings is 1. The summed E-state index contributed by atoms with van der Waals surface area (Å²) in [6.45, 7) is 0.980. The van der Waals surface area contributed by atoms with Gasteiger partial charge in [-0.2, -0.15) is 0 Å². The predicted molar refractivity (Wildman–Crippen MR) is 107 cm³/mol. The molecule has 1 aromatic carbocycles. The number of rotatable bonds is 3. The Morgan fingerprint density at radius 1 is 1.21 bits per heavy atom. The van der Waals surface area contributed by atoms with Crippen LogP contribution in [0.3, 0.4) is 0 Å². The molecule has 1 aliphatic heterocycles. The topological polar surface area (TPSA) is 101 Å². The number of para-hydroxylation sites is 1. The van der Waals surface area contributed by atoms with Crippen LogP contribution in [0.1, 0.15) is 31.6 Å². The van der Waals surface area contributed by atoms with E-state index in [4.69, 9.17) is 4.42 Å². The van der Waals surface area contributed by atoms with E-state index in [-0.39, 0.29) is 17.5 Å². The largest absolute Gasteiger partial charge is 0.451 e. The molecule has 144 valence electrons. The first-order valence-electron chi connectivity index (χ1n) is 9.01. The van der Waals surface area contributed by atoms with Crippen LogP contribution in [0, 0.1) is 0 Å². The Hall–Kier alpha value is -3.59. The maximum absolute atomic E-state index is 12.9. The molecule has 8 nitrogen and oxygen atoms in total. The van der Waals surface area contributed by atoms with Crippen molar-refractivity contribution in [1.29, 1.82) is 0 Å². The van der Waals surface area contributed by atoms with E-state index in [0.29, 0.717) is 36.0 Å². The minimum absolute atomic E-state index is 0.148. The maximum atomic E-state index is 12.9. The van der Waals surface area contributed by atoms with Crippen LogP contribution in [0.15, 0.2) is 53.3 Å². The van der Waals surface area contributed by atoms with Crippen molar-refractivity contribution in [1.82, 2.24) is 19.9 Å². The fourth-order valence-electron chi connectivity index (χ4n) is 3.24. The molecule has 0 unspecified atom stereocenters. The van der Waals surface area contributed by atoms with E-state index >= 15 is 0 Å². The summed E-state index contributed by atoms with van der Waals surface area (Å²) in [6, 6.07) is 9.32. The molecule has 1 N–H and O–H groups in total. The lowest BCUT2D eigenvalue weighted by molar-refractivity contribution is 0.0706. The zero-order valence-electron chi connectivity index (χ0n) is 15.2. The smallest absolute Gasteiger partial charge is 0.289 e. The lowest BCUT2D eigenvalue weighted by Gasteiger charge is -2.25. The number of amides is 2. The number of hydrogen-bond donors (Lipinski definition) is 1. The monoisotopic (exact) mass is 405 g/mol. The van der Waals surface area contributed by atoms with Gasteiger partial charge in [-0.15, -0.1) is 0 Å². The van der Waals surface area contributed by atoms with E-state index in [1.807, 2.05) is 24.3 Å². The van der Waals surface area contributed by atoms with Crippen molar-refractivity contribution in [2.24, 2.45) is 0 Å². The number of benzene rings is 1. The SMILES string of the molecule is O=C(Nc1nc2c(s1)CN(C(=O)c1cc3ccccc3o1)CC2)c1cnccn1. The molecule has 3 aromatic heterocycles. The van der Waals surface area contributed by atoms with Crippen molar-refractivity contribution in [2.45, 2.75) is 13.0 Å². The van der Waals surface area contributed by atoms with E-state index in [1.165, 1.54) is 29.9 Å². The number of aromatic nitrogens is 3. The highest BCUT2D eigenvalue weighted by atomic mass is 32.1. The number of carbonyl (C=O) groups excluding carboxylic acids is 2. The molecule has 2 amide bonds. The molecule has 0 fully saturated rings. The van der Waals surface area contributed by atoms with Crippen molar-refractivity contribution in [3.8, 4) is 0 Å². The highest BCUT2D eigenvalue weighted by Gasteiger charge is 2.27. The average molecular weight is 405 g/mol. The van der Waals surface area contributed by atoms with Crippen molar-refractivity contribution in [3.05, 3.63) is 70.9 Å². The van der Waals surface area contributed by atoms with Crippen molar-refractivity contribution < 1.29 is 14.0 Å². The van der Waals surface area contributed by atoms with E-state index in [9.17, 15) is 9.59 Å². The highest BCUT2D eigenvalue weighted by molar-refractivity contribution is 7.15. The number of thiazole rings is 1. The molecule has 29 heavy (non-hydrogen) atoms. The summed E-state index contributed by atoms with van der Waals surface area (Å²) in [6.07, 6.45) is 4.99. The molecule has 0 aliphatic carbocycles. The normalized spacial score (nSPS) is 13.3. The first kappa shape index (κ1) is 17.5. The van der Waals surface area contributed by atoms with Gasteiger partial charge in [0.25, 0.3) is 11.8 Å². The van der Waals surface area contributed by atoms with Crippen LogP contribution in [-0.2, 0) is 13.0 Å². The summed E-state index contributed by atoms with van der Waals surface area (Å²) in [5.74, 6) is -0.180. The molecule has 0 saturated carbocycles. The second-order valence-corrected chi connectivity index (χ2v) is 7.64. The van der Waals surface area contributed by atoms with Crippen LogP contribution in [-0.4, -0.2) is 38.2 Å². The molecule has 0 saturated heterocycles. The van der Waals surface area contributed by atoms with Crippen molar-refractivity contribution in [2.75, 3.05) is 11.9 Å². The van der Waals surface area contributed by atoms with Gasteiger partial charge < -0.3 is 9.32 Å². The third-order valence-corrected chi connectivity index (χ3v) is 5.67. The molecule has 0 atom stereocenters. The number of nitrogens with zero attached hydrogens (tertiary/aromatic N) is 4. The summed E-state index contributed by atoms with van der Waals surface area (Å²) in [5, 5.41) is 4.15. The Balaban J connectivity index is 1.32. The zero-order chi connectivity index (χ0) is 19.8. The van der Waals surface area contributed by atoms with Gasteiger partial charge in [0.15, 0.2) is 10.9 Å². The van der Waals surface area contributed by atoms with Gasteiger partial charge >= 0.3 is 0 Å². The summed E-state index contributed by atoms with van der Waals surface area (Å²) in [5.41, 5.74) is 1.82. The second-order valence-electron chi connectivity index (χ2n) is 6.56. The first-order valence-corrected chi connectivity index (χ1v) is 9.83. The Kier molecular flexibility index (Phi) is 4.28. The van der Waals surface area contributed by atoms with Crippen molar-refractivity contribution in [3.63, 3.8) is 0 Å². The summed E-state index contributed by atoms with van der Waals surface area (Å²) in [4.78, 5) is 40.2. The van der Waals surface area contributed by atoms with E-state index in [1.54, 1.807) is 11.0 Å². The molecule has 1 aliphatic rings. The molecule has 5 rings (SSSR count). The van der Waals surface area contributed by atoms with Crippen LogP contribution < -0.4 is 5.32 Å². The van der Waals surface area contributed by atoms with Gasteiger partial charge in [0.1, 0.15) is 11.3 Å². The van der Waals surface area contributed by atoms with E-state index in [0.717, 1.165) is 16.0 Å². The van der Waals surface area contributed by atoms with Crippen LogP contribution in [0.2, 0.25) is 0 Å². The standard InChI is InChI=1S/C20H15N5O3S/c26-18(14-10-21-6-7-22-14)24-20-23-13-5-8-25(11-17(13)29-20)19(27)16-9-12-3-1-2-4-15(12)28-16/h1-4,6-7,9-10H,5,8,11H2,(H,23,24,26). The van der Waals surface area contributed by atoms with Crippen LogP contribution in [0.4, 0.5) is 5.13 Å². The Labute approximate surface area is 169 Å². The number of carbonyl (C=O) groups is 2. The van der Waals surface area contributed by atoms with E-state index < -0.39 is 0 Å². The summed E-state index contributed by atoms with van der Waals surface area (Å²) in [7, 11) is 0. The van der Waals surface area contributed by atoms with Crippen LogP contribution in [0.5, 0.6) is 0 Å². The van der Waals surface area contributed by atoms with Crippen LogP contribution in [0.25, 0.3) is 11.0 Å². The molecule has 4 aromatic rings. The maximum Gasteiger partial charge on any atom is 0.289 e. The summed E-state index contributed by atoms with van der Waals surface area (Å²) < 4.78 is 5.70. The molecule has 4 heterocycles. The quantitative estimate of drug-likeness (QED) is 0.562. The number of anilines is 1. The average Bonchev–Trinajstić information content (AvgIpc) is 3.36. The highest BCUT2D eigenvalue weighted by Crippen LogP contribution is 2.30. The zero-order valence-corrected chi connectivity index (χ0v) is 16.0. The van der Waals surface area contributed by atoms with Crippen LogP contribution >= 0.6 is 11.3 Å². The van der Waals surface area contributed by atoms with Gasteiger partial charge in [0.2, 0.25) is 0 Å². The van der Waals surface area contributed by atoms with Gasteiger partial charge in [-0.25, -0.2) is 9.97 Å². The minimum Gasteiger partial charge on any atom is -0.451 e. The van der Waals surface area contributed by atoms with Gasteiger partial charge in [-0.1, -0.05) is 29.5 Å². The fraction of sp³-hybridized carbons (Fsp3) is 0.150. The minimum atomic E-state index is -0.362. The third kappa shape index (κ3) is 3.36. The van der Waals surface area contributed by atoms with Gasteiger partial charge in [0.05, 0.1) is 18.4 Å². The van der Waals surface area contributed by atoms with Gasteiger partial charge in [-0.05, 0) is 12.1 Å². The number of fused-ring (bicyclic) bond motifs is 2. The molecule has 0 spiro atoms. The lowest BCUT2D eigenvalue weighted by Crippen LogP contribution is -2.35. The third-order valence-electron chi connectivity index (χ3n) is 4.67. The molecular formula is C20H15N5O3S. The molecule has 0 bridgehead atoms. The lowest BCUT2D eigenvalue weighted by atomic mass is 10.1. The van der Waals surface area contributed by atoms with Gasteiger partial charge in [0, 0.05) is 35.6 Å². The second kappa shape index (κ2) is 7.10. The molecular weight excluding hydrogens is 390 g/mol. The Morgan fingerprint density at radius 3 is 2.93 bits per heavy atom.